The van der Waals surface area contributed by atoms with Gasteiger partial charge in [-0.15, -0.1) is 11.8 Å². The molecule has 2 amide bonds. The number of alkyl carbamates (subject to hydrolysis) is 2. The van der Waals surface area contributed by atoms with Crippen molar-refractivity contribution in [2.45, 2.75) is 128 Å². The van der Waals surface area contributed by atoms with Crippen LogP contribution < -0.4 is 10.6 Å². The lowest BCUT2D eigenvalue weighted by Crippen LogP contribution is -2.47. The van der Waals surface area contributed by atoms with E-state index >= 15 is 0 Å². The molecule has 6 rings (SSSR count). The molecule has 54 heavy (non-hydrogen) atoms. The Balaban J connectivity index is 0.000000230. The van der Waals surface area contributed by atoms with Gasteiger partial charge in [0.2, 0.25) is 0 Å². The van der Waals surface area contributed by atoms with Crippen LogP contribution in [0.1, 0.15) is 86.5 Å². The number of thioether (sulfide) groups is 2. The van der Waals surface area contributed by atoms with Gasteiger partial charge in [-0.2, -0.15) is 11.8 Å². The molecule has 6 aliphatic rings. The highest BCUT2D eigenvalue weighted by Crippen LogP contribution is 2.38. The number of aliphatic hydroxyl groups is 1. The Morgan fingerprint density at radius 3 is 1.85 bits per heavy atom. The SMILES string of the molecule is CC1(COC(=O)CCCC=C2SCC3NC(=O)O[C@H]23)COC(C)(C)OC1.CC1(COC(=O)CCCC[C@@H]2SCC3NC(=O)O[C@@H]32)COC(C)(C)OC1.CO. The molecule has 0 radical (unpaired) electrons. The molecule has 0 aromatic rings. The number of fused-ring (bicyclic) bond motifs is 2. The van der Waals surface area contributed by atoms with Gasteiger partial charge in [0.15, 0.2) is 17.7 Å². The molecule has 6 fully saturated rings. The first kappa shape index (κ1) is 44.4. The third-order valence-electron chi connectivity index (χ3n) is 9.70. The molecule has 6 aliphatic heterocycles. The molecular weight excluding hydrogens is 745 g/mol. The van der Waals surface area contributed by atoms with Gasteiger partial charge >= 0.3 is 24.1 Å². The number of carbonyl (C=O) groups is 4. The number of hydrogen-bond donors (Lipinski definition) is 3. The van der Waals surface area contributed by atoms with Gasteiger partial charge in [0.05, 0.1) is 38.5 Å². The third kappa shape index (κ3) is 13.4. The van der Waals surface area contributed by atoms with Crippen molar-refractivity contribution in [2.75, 3.05) is 58.3 Å². The smallest absolute Gasteiger partial charge is 0.408 e. The second-order valence-electron chi connectivity index (χ2n) is 16.0. The third-order valence-corrected chi connectivity index (χ3v) is 12.4. The molecule has 0 spiro atoms. The fraction of sp³-hybridized carbons (Fsp3) is 0.838. The number of esters is 2. The van der Waals surface area contributed by atoms with Crippen LogP contribution in [-0.4, -0.2) is 129 Å². The minimum absolute atomic E-state index is 0.0186. The Kier molecular flexibility index (Phi) is 16.2. The van der Waals surface area contributed by atoms with Gasteiger partial charge in [0.1, 0.15) is 19.3 Å². The Hall–Kier alpha value is -2.28. The van der Waals surface area contributed by atoms with Crippen molar-refractivity contribution in [2.24, 2.45) is 10.8 Å². The molecule has 6 heterocycles. The summed E-state index contributed by atoms with van der Waals surface area (Å²) in [6.07, 6.45) is 6.13. The molecule has 0 bridgehead atoms. The summed E-state index contributed by atoms with van der Waals surface area (Å²) in [6, 6.07) is 0.225. The highest BCUT2D eigenvalue weighted by Gasteiger charge is 2.45. The van der Waals surface area contributed by atoms with Crippen LogP contribution in [0.25, 0.3) is 0 Å². The van der Waals surface area contributed by atoms with E-state index < -0.39 is 11.6 Å². The summed E-state index contributed by atoms with van der Waals surface area (Å²) in [4.78, 5) is 47.5. The average molecular weight is 805 g/mol. The van der Waals surface area contributed by atoms with Crippen LogP contribution >= 0.6 is 23.5 Å². The predicted octanol–water partition coefficient (Wildman–Crippen LogP) is 4.68. The van der Waals surface area contributed by atoms with E-state index in [4.69, 9.17) is 43.0 Å². The van der Waals surface area contributed by atoms with Gasteiger partial charge in [-0.05, 0) is 53.4 Å². The van der Waals surface area contributed by atoms with Gasteiger partial charge in [0.25, 0.3) is 0 Å². The van der Waals surface area contributed by atoms with Gasteiger partial charge in [-0.1, -0.05) is 26.3 Å². The molecule has 5 atom stereocenters. The molecule has 15 nitrogen and oxygen atoms in total. The molecule has 0 aromatic carbocycles. The molecule has 6 saturated heterocycles. The van der Waals surface area contributed by atoms with E-state index in [1.54, 1.807) is 11.8 Å². The van der Waals surface area contributed by atoms with Crippen molar-refractivity contribution in [3.05, 3.63) is 11.0 Å². The molecular formula is C37H60N2O13S2. The van der Waals surface area contributed by atoms with Crippen molar-refractivity contribution in [1.82, 2.24) is 10.6 Å². The number of nitrogens with one attached hydrogen (secondary N) is 2. The largest absolute Gasteiger partial charge is 0.465 e. The number of carbonyl (C=O) groups excluding carboxylic acids is 4. The highest BCUT2D eigenvalue weighted by atomic mass is 32.2. The van der Waals surface area contributed by atoms with E-state index in [2.05, 4.69) is 16.7 Å². The summed E-state index contributed by atoms with van der Waals surface area (Å²) < 4.78 is 44.0. The molecule has 3 N–H and O–H groups in total. The molecule has 0 aliphatic carbocycles. The van der Waals surface area contributed by atoms with Gasteiger partial charge < -0.3 is 53.6 Å². The summed E-state index contributed by atoms with van der Waals surface area (Å²) in [7, 11) is 1.00. The first-order chi connectivity index (χ1) is 25.5. The van der Waals surface area contributed by atoms with Crippen molar-refractivity contribution >= 4 is 47.6 Å². The molecule has 0 saturated carbocycles. The lowest BCUT2D eigenvalue weighted by molar-refractivity contribution is -0.287. The van der Waals surface area contributed by atoms with Crippen LogP contribution in [0.4, 0.5) is 9.59 Å². The number of aliphatic hydroxyl groups excluding tert-OH is 1. The van der Waals surface area contributed by atoms with Crippen LogP contribution in [0.15, 0.2) is 11.0 Å². The molecule has 17 heteroatoms. The molecule has 0 aromatic heterocycles. The second-order valence-corrected chi connectivity index (χ2v) is 18.4. The summed E-state index contributed by atoms with van der Waals surface area (Å²) >= 11 is 3.54. The summed E-state index contributed by atoms with van der Waals surface area (Å²) in [5.74, 6) is 0.218. The first-order valence-corrected chi connectivity index (χ1v) is 20.8. The van der Waals surface area contributed by atoms with Gasteiger partial charge in [-0.3, -0.25) is 9.59 Å². The zero-order valence-electron chi connectivity index (χ0n) is 32.7. The van der Waals surface area contributed by atoms with E-state index in [1.807, 2.05) is 53.3 Å². The van der Waals surface area contributed by atoms with E-state index in [0.29, 0.717) is 64.2 Å². The van der Waals surface area contributed by atoms with Gasteiger partial charge in [0, 0.05) is 52.4 Å². The van der Waals surface area contributed by atoms with Crippen molar-refractivity contribution in [3.63, 3.8) is 0 Å². The topological polar surface area (TPSA) is 186 Å². The zero-order chi connectivity index (χ0) is 39.6. The Morgan fingerprint density at radius 2 is 1.28 bits per heavy atom. The number of unbranched alkanes of at least 4 members (excludes halogenated alkanes) is 2. The molecule has 308 valence electrons. The maximum absolute atomic E-state index is 12.0. The summed E-state index contributed by atoms with van der Waals surface area (Å²) in [5.41, 5.74) is -0.595. The van der Waals surface area contributed by atoms with E-state index in [9.17, 15) is 19.2 Å². The minimum Gasteiger partial charge on any atom is -0.465 e. The lowest BCUT2D eigenvalue weighted by atomic mass is 9.93. The number of ether oxygens (including phenoxy) is 8. The lowest BCUT2D eigenvalue weighted by Gasteiger charge is -2.40. The molecule has 2 unspecified atom stereocenters. The Morgan fingerprint density at radius 1 is 0.759 bits per heavy atom. The Labute approximate surface area is 327 Å². The quantitative estimate of drug-likeness (QED) is 0.132. The van der Waals surface area contributed by atoms with E-state index in [1.165, 1.54) is 0 Å². The van der Waals surface area contributed by atoms with E-state index in [0.717, 1.165) is 49.2 Å². The second kappa shape index (κ2) is 19.7. The van der Waals surface area contributed by atoms with Crippen LogP contribution in [0.2, 0.25) is 0 Å². The monoisotopic (exact) mass is 804 g/mol. The normalized spacial score (nSPS) is 30.1. The summed E-state index contributed by atoms with van der Waals surface area (Å²) in [5, 5.41) is 13.0. The van der Waals surface area contributed by atoms with Gasteiger partial charge in [-0.25, -0.2) is 9.59 Å². The maximum Gasteiger partial charge on any atom is 0.408 e. The van der Waals surface area contributed by atoms with Crippen LogP contribution in [-0.2, 0) is 47.5 Å². The average Bonchev–Trinajstić information content (AvgIpc) is 3.90. The summed E-state index contributed by atoms with van der Waals surface area (Å²) in [6.45, 7) is 14.2. The van der Waals surface area contributed by atoms with Crippen molar-refractivity contribution < 1.29 is 62.2 Å². The maximum atomic E-state index is 12.0. The minimum atomic E-state index is -0.572. The fourth-order valence-electron chi connectivity index (χ4n) is 6.29. The standard InChI is InChI=1S/C18H29NO6S.C18H27NO6S.CH4O/c2*1-17(2)23-10-18(3,11-24-17)9-22-14(20)7-5-4-6-13-15-12(8-26-13)19-16(21)25-15;1-2/h12-13,15H,4-11H2,1-3H3,(H,19,21);6,12,15H,4-5,7-11H2,1-3H3,(H,19,21);2H,1H3/t12?,13-,15-;12?,15-;/m00./s1. The predicted molar refractivity (Wildman–Crippen MR) is 202 cm³/mol. The first-order valence-electron chi connectivity index (χ1n) is 18.7. The van der Waals surface area contributed by atoms with Crippen LogP contribution in [0, 0.1) is 10.8 Å². The number of rotatable bonds is 13. The Bertz CT molecular complexity index is 1310. The van der Waals surface area contributed by atoms with Crippen LogP contribution in [0.3, 0.4) is 0 Å². The van der Waals surface area contributed by atoms with E-state index in [-0.39, 0.29) is 59.2 Å². The fourth-order valence-corrected chi connectivity index (χ4v) is 9.02. The van der Waals surface area contributed by atoms with Crippen molar-refractivity contribution in [1.29, 1.82) is 0 Å². The number of amides is 2. The zero-order valence-corrected chi connectivity index (χ0v) is 34.4. The number of allylic oxidation sites excluding steroid dienone is 1. The highest BCUT2D eigenvalue weighted by molar-refractivity contribution is 8.03. The van der Waals surface area contributed by atoms with Crippen molar-refractivity contribution in [3.8, 4) is 0 Å². The number of hydrogen-bond acceptors (Lipinski definition) is 15. The van der Waals surface area contributed by atoms with Crippen LogP contribution in [0.5, 0.6) is 0 Å².